The summed E-state index contributed by atoms with van der Waals surface area (Å²) in [6.07, 6.45) is 1.10. The largest absolute Gasteiger partial charge is 0.410 e. The summed E-state index contributed by atoms with van der Waals surface area (Å²) in [5, 5.41) is -0.0327. The highest BCUT2D eigenvalue weighted by Crippen LogP contribution is 3.02. The van der Waals surface area contributed by atoms with E-state index < -0.39 is 35.1 Å². The van der Waals surface area contributed by atoms with Crippen LogP contribution in [0, 0.1) is 5.41 Å². The van der Waals surface area contributed by atoms with Gasteiger partial charge in [-0.15, -0.1) is 0 Å². The smallest absolute Gasteiger partial charge is 0.310 e. The zero-order chi connectivity index (χ0) is 33.0. The molecule has 1 aromatic carbocycles. The molecule has 5 rings (SSSR count). The molecule has 0 amide bonds. The molecular weight excluding hydrogens is 728 g/mol. The molecular formula is C32H45F5INO3SSi. The Balaban J connectivity index is 1.79. The van der Waals surface area contributed by atoms with Gasteiger partial charge in [-0.25, -0.2) is 0 Å². The average Bonchev–Trinajstić information content (AvgIpc) is 3.18. The monoisotopic (exact) mass is 773 g/mol. The number of alkyl halides is 1. The summed E-state index contributed by atoms with van der Waals surface area (Å²) in [7, 11) is -12.1. The zero-order valence-corrected chi connectivity index (χ0v) is 31.0. The maximum Gasteiger partial charge on any atom is 0.310 e. The van der Waals surface area contributed by atoms with Crippen LogP contribution in [-0.2, 0) is 25.9 Å². The maximum absolute atomic E-state index is 13.6. The maximum atomic E-state index is 13.6. The van der Waals surface area contributed by atoms with Gasteiger partial charge in [0.15, 0.2) is 8.32 Å². The first-order valence-corrected chi connectivity index (χ1v) is 21.4. The quantitative estimate of drug-likeness (QED) is 0.131. The summed E-state index contributed by atoms with van der Waals surface area (Å²) in [5.74, 6) is -0.0171. The van der Waals surface area contributed by atoms with E-state index in [4.69, 9.17) is 18.9 Å². The van der Waals surface area contributed by atoms with Gasteiger partial charge in [0.25, 0.3) is 0 Å². The molecule has 1 fully saturated rings. The van der Waals surface area contributed by atoms with Crippen molar-refractivity contribution >= 4 is 41.1 Å². The van der Waals surface area contributed by atoms with Crippen molar-refractivity contribution in [1.29, 1.82) is 0 Å². The van der Waals surface area contributed by atoms with Crippen LogP contribution < -0.4 is 0 Å². The van der Waals surface area contributed by atoms with Crippen LogP contribution in [0.4, 0.5) is 19.4 Å². The Hall–Kier alpha value is -0.803. The molecule has 2 aliphatic heterocycles. The molecule has 3 heterocycles. The minimum atomic E-state index is -9.83. The molecule has 44 heavy (non-hydrogen) atoms. The molecule has 0 radical (unpaired) electrons. The number of aromatic nitrogens is 1. The van der Waals surface area contributed by atoms with Gasteiger partial charge in [-0.05, 0) is 60.0 Å². The number of benzene rings is 1. The number of fused-ring (bicyclic) bond motifs is 4. The van der Waals surface area contributed by atoms with Crippen molar-refractivity contribution in [2.24, 2.45) is 5.41 Å². The molecule has 1 aromatic heterocycles. The van der Waals surface area contributed by atoms with Crippen molar-refractivity contribution in [1.82, 2.24) is 4.98 Å². The van der Waals surface area contributed by atoms with Crippen molar-refractivity contribution in [3.8, 4) is 0 Å². The molecule has 1 aliphatic carbocycles. The lowest BCUT2D eigenvalue weighted by atomic mass is 9.70. The van der Waals surface area contributed by atoms with Crippen LogP contribution in [0.5, 0.6) is 0 Å². The van der Waals surface area contributed by atoms with E-state index in [1.807, 2.05) is 0 Å². The minimum absolute atomic E-state index is 0.0171. The van der Waals surface area contributed by atoms with Crippen molar-refractivity contribution in [3.63, 3.8) is 0 Å². The number of rotatable bonds is 5. The van der Waals surface area contributed by atoms with E-state index in [9.17, 15) is 19.4 Å². The third kappa shape index (κ3) is 6.13. The number of pyridine rings is 1. The molecule has 4 nitrogen and oxygen atoms in total. The summed E-state index contributed by atoms with van der Waals surface area (Å²) >= 11 is 2.37. The summed E-state index contributed by atoms with van der Waals surface area (Å²) in [6, 6.07) is 3.25. The Labute approximate surface area is 273 Å². The van der Waals surface area contributed by atoms with Crippen LogP contribution in [0.2, 0.25) is 18.1 Å². The lowest BCUT2D eigenvalue weighted by molar-refractivity contribution is -0.113. The predicted octanol–water partition coefficient (Wildman–Crippen LogP) is 11.4. The van der Waals surface area contributed by atoms with Crippen LogP contribution in [0.1, 0.15) is 113 Å². The normalized spacial score (nSPS) is 28.9. The summed E-state index contributed by atoms with van der Waals surface area (Å²) in [5.41, 5.74) is 4.25. The SMILES string of the molecule is CC(C)c1nc2c(c3c1[C@@H](c1ccc(S(F)(F)(F)(F)F)cc1)OC31CCOCC1I)C(O[Si](C)(C)C(C)(C)C)CC(C)(C)C2. The van der Waals surface area contributed by atoms with Crippen molar-refractivity contribution in [2.45, 2.75) is 118 Å². The third-order valence-corrected chi connectivity index (χ3v) is 16.9. The Kier molecular flexibility index (Phi) is 7.93. The second-order valence-electron chi connectivity index (χ2n) is 15.4. The van der Waals surface area contributed by atoms with Gasteiger partial charge in [0, 0.05) is 41.1 Å². The van der Waals surface area contributed by atoms with Gasteiger partial charge < -0.3 is 13.9 Å². The fourth-order valence-electron chi connectivity index (χ4n) is 6.67. The van der Waals surface area contributed by atoms with E-state index in [-0.39, 0.29) is 26.4 Å². The predicted molar refractivity (Wildman–Crippen MR) is 177 cm³/mol. The van der Waals surface area contributed by atoms with E-state index in [1.54, 1.807) is 0 Å². The summed E-state index contributed by atoms with van der Waals surface area (Å²) in [6.45, 7) is 20.6. The number of nitrogens with zero attached hydrogens (tertiary/aromatic N) is 1. The third-order valence-electron chi connectivity index (χ3n) is 9.91. The molecule has 0 bridgehead atoms. The number of hydrogen-bond acceptors (Lipinski definition) is 4. The molecule has 0 N–H and O–H groups in total. The molecule has 1 saturated heterocycles. The van der Waals surface area contributed by atoms with Crippen molar-refractivity contribution < 1.29 is 33.3 Å². The summed E-state index contributed by atoms with van der Waals surface area (Å²) in [4.78, 5) is 3.40. The zero-order valence-electron chi connectivity index (χ0n) is 27.0. The first kappa shape index (κ1) is 34.5. The molecule has 1 spiro atoms. The lowest BCUT2D eigenvalue weighted by Crippen LogP contribution is -2.47. The first-order valence-electron chi connectivity index (χ1n) is 15.2. The molecule has 2 aromatic rings. The lowest BCUT2D eigenvalue weighted by Gasteiger charge is -2.47. The number of halogens is 6. The fourth-order valence-corrected chi connectivity index (χ4v) is 9.61. The highest BCUT2D eigenvalue weighted by atomic mass is 127. The Morgan fingerprint density at radius 1 is 1.05 bits per heavy atom. The van der Waals surface area contributed by atoms with Gasteiger partial charge in [-0.2, -0.15) is 0 Å². The number of ether oxygens (including phenoxy) is 2. The van der Waals surface area contributed by atoms with Crippen LogP contribution in [0.25, 0.3) is 0 Å². The molecule has 4 atom stereocenters. The standard InChI is InChI=1S/C32H45F5INO3SSi/c1-19(2)28-26-27(25-22(39-28)16-31(6,7)17-23(25)42-44(8,9)30(3,4)5)32(14-15-40-18-24(32)38)41-29(26)20-10-12-21(13-11-20)43(33,34,35,36)37/h10-13,19,23-24,29H,14-18H2,1-9H3/t23?,24?,29-,32?/m1/s1. The van der Waals surface area contributed by atoms with Crippen molar-refractivity contribution in [3.05, 3.63) is 57.9 Å². The van der Waals surface area contributed by atoms with Crippen LogP contribution in [0.15, 0.2) is 29.2 Å². The van der Waals surface area contributed by atoms with Crippen LogP contribution >= 0.6 is 32.8 Å². The first-order chi connectivity index (χ1) is 19.8. The summed E-state index contributed by atoms with van der Waals surface area (Å²) < 4.78 is 88.3. The molecule has 0 saturated carbocycles. The van der Waals surface area contributed by atoms with Gasteiger partial charge in [0.1, 0.15) is 16.6 Å². The fraction of sp³-hybridized carbons (Fsp3) is 0.656. The second-order valence-corrected chi connectivity index (χ2v) is 24.1. The molecule has 248 valence electrons. The van der Waals surface area contributed by atoms with Gasteiger partial charge in [-0.3, -0.25) is 4.98 Å². The molecule has 3 unspecified atom stereocenters. The Morgan fingerprint density at radius 2 is 1.66 bits per heavy atom. The van der Waals surface area contributed by atoms with Gasteiger partial charge in [0.2, 0.25) is 0 Å². The number of hydrogen-bond donors (Lipinski definition) is 0. The minimum Gasteiger partial charge on any atom is -0.410 e. The average molecular weight is 774 g/mol. The van der Waals surface area contributed by atoms with Crippen molar-refractivity contribution in [2.75, 3.05) is 13.2 Å². The molecule has 3 aliphatic rings. The van der Waals surface area contributed by atoms with Gasteiger partial charge >= 0.3 is 10.2 Å². The van der Waals surface area contributed by atoms with E-state index in [2.05, 4.69) is 84.2 Å². The van der Waals surface area contributed by atoms with Gasteiger partial charge in [-0.1, -0.05) is 103 Å². The highest BCUT2D eigenvalue weighted by Gasteiger charge is 2.65. The Morgan fingerprint density at radius 3 is 2.18 bits per heavy atom. The van der Waals surface area contributed by atoms with Crippen LogP contribution in [0.3, 0.4) is 0 Å². The molecule has 12 heteroatoms. The second kappa shape index (κ2) is 10.1. The van der Waals surface area contributed by atoms with E-state index in [0.717, 1.165) is 53.1 Å². The van der Waals surface area contributed by atoms with E-state index in [1.165, 1.54) is 0 Å². The Bertz CT molecular complexity index is 1460. The topological polar surface area (TPSA) is 40.6 Å². The highest BCUT2D eigenvalue weighted by molar-refractivity contribution is 14.1. The van der Waals surface area contributed by atoms with Crippen LogP contribution in [-0.4, -0.2) is 30.4 Å². The van der Waals surface area contributed by atoms with E-state index in [0.29, 0.717) is 37.3 Å². The van der Waals surface area contributed by atoms with E-state index >= 15 is 0 Å². The van der Waals surface area contributed by atoms with Gasteiger partial charge in [0.05, 0.1) is 16.6 Å².